The molecule has 28 nitrogen and oxygen atoms in total. The van der Waals surface area contributed by atoms with Crippen LogP contribution in [-0.4, -0.2) is 90.6 Å². The molecule has 2 aliphatic heterocycles. The number of hydrogen-bond donors (Lipinski definition) is 6. The van der Waals surface area contributed by atoms with Gasteiger partial charge in [0.2, 0.25) is 5.95 Å². The number of nitrogen functional groups attached to an aromatic ring is 1. The van der Waals surface area contributed by atoms with Crippen LogP contribution in [0.1, 0.15) is 6.23 Å². The van der Waals surface area contributed by atoms with Crippen LogP contribution < -0.4 is 11.3 Å². The van der Waals surface area contributed by atoms with E-state index in [4.69, 9.17) is 29.7 Å². The zero-order chi connectivity index (χ0) is 35.7. The van der Waals surface area contributed by atoms with Gasteiger partial charge in [0, 0.05) is 4.92 Å². The number of nitro groups is 3. The van der Waals surface area contributed by atoms with Crippen LogP contribution in [0.3, 0.4) is 0 Å². The number of hydrogen-bond acceptors (Lipinski definition) is 19. The zero-order valence-electron chi connectivity index (χ0n) is 22.5. The Kier molecular flexibility index (Phi) is 9.11. The lowest BCUT2D eigenvalue weighted by molar-refractivity contribution is -0.522. The van der Waals surface area contributed by atoms with E-state index in [9.17, 15) is 58.6 Å². The van der Waals surface area contributed by atoms with Crippen molar-refractivity contribution in [1.82, 2.24) is 19.5 Å². The average Bonchev–Trinajstić information content (AvgIpc) is 3.54. The van der Waals surface area contributed by atoms with Gasteiger partial charge in [-0.05, 0) is 15.9 Å². The highest BCUT2D eigenvalue weighted by molar-refractivity contribution is 9.10. The first kappa shape index (κ1) is 35.9. The van der Waals surface area contributed by atoms with Crippen molar-refractivity contribution in [2.75, 3.05) is 12.3 Å². The fourth-order valence-electron chi connectivity index (χ4n) is 4.85. The normalized spacial score (nSPS) is 29.6. The van der Waals surface area contributed by atoms with Crippen LogP contribution in [0.4, 0.5) is 5.95 Å². The van der Waals surface area contributed by atoms with Crippen molar-refractivity contribution in [3.05, 3.63) is 69.0 Å². The maximum atomic E-state index is 12.5. The lowest BCUT2D eigenvalue weighted by Crippen LogP contribution is -2.47. The van der Waals surface area contributed by atoms with Gasteiger partial charge in [-0.2, -0.15) is 13.6 Å². The van der Waals surface area contributed by atoms with E-state index >= 15 is 0 Å². The van der Waals surface area contributed by atoms with E-state index in [0.717, 1.165) is 4.57 Å². The zero-order valence-corrected chi connectivity index (χ0v) is 26.8. The molecule has 262 valence electrons. The van der Waals surface area contributed by atoms with Gasteiger partial charge in [-0.15, -0.1) is 0 Å². The molecule has 7 N–H and O–H groups in total. The summed E-state index contributed by atoms with van der Waals surface area (Å²) in [5, 5.41) is 35.7. The summed E-state index contributed by atoms with van der Waals surface area (Å²) in [6, 6.07) is -2.09. The monoisotopic (exact) mass is 812 g/mol. The Morgan fingerprint density at radius 3 is 2.12 bits per heavy atom. The maximum absolute atomic E-state index is 12.5. The van der Waals surface area contributed by atoms with Gasteiger partial charge in [0.1, 0.15) is 18.3 Å². The number of nitrogens with one attached hydrogen (secondary N) is 1. The molecule has 0 bridgehead atoms. The Morgan fingerprint density at radius 1 is 1.00 bits per heavy atom. The van der Waals surface area contributed by atoms with Crippen LogP contribution in [0.2, 0.25) is 0 Å². The number of nitrogens with zero attached hydrogens (tertiary/aromatic N) is 6. The Labute approximate surface area is 269 Å². The fourth-order valence-corrected chi connectivity index (χ4v) is 8.42. The summed E-state index contributed by atoms with van der Waals surface area (Å²) < 4.78 is 65.0. The first-order valence-electron chi connectivity index (χ1n) is 12.1. The highest BCUT2D eigenvalue weighted by Crippen LogP contribution is 2.66. The van der Waals surface area contributed by atoms with E-state index in [1.807, 2.05) is 0 Å². The van der Waals surface area contributed by atoms with Crippen molar-refractivity contribution >= 4 is 56.5 Å². The molecule has 0 radical (unpaired) electrons. The number of phosphoric ester groups is 1. The number of phosphoric acid groups is 3. The number of H-pyrrole nitrogens is 1. The number of halogens is 1. The van der Waals surface area contributed by atoms with Gasteiger partial charge in [0.05, 0.1) is 28.6 Å². The van der Waals surface area contributed by atoms with Gasteiger partial charge < -0.3 is 39.5 Å². The summed E-state index contributed by atoms with van der Waals surface area (Å²) in [6.07, 6.45) is -6.39. The first-order chi connectivity index (χ1) is 22.0. The second-order valence-corrected chi connectivity index (χ2v) is 14.6. The third-order valence-corrected chi connectivity index (χ3v) is 10.8. The van der Waals surface area contributed by atoms with Gasteiger partial charge in [0.15, 0.2) is 22.1 Å². The van der Waals surface area contributed by atoms with Crippen molar-refractivity contribution in [2.45, 2.75) is 36.4 Å². The molecule has 2 saturated heterocycles. The molecular formula is C16H16BrN8O20P3. The van der Waals surface area contributed by atoms with E-state index < -0.39 is 104 Å². The quantitative estimate of drug-likeness (QED) is 0.0697. The van der Waals surface area contributed by atoms with Gasteiger partial charge in [-0.3, -0.25) is 49.2 Å². The first-order valence-corrected chi connectivity index (χ1v) is 17.4. The highest BCUT2D eigenvalue weighted by Gasteiger charge is 2.71. The van der Waals surface area contributed by atoms with Crippen LogP contribution >= 0.6 is 39.4 Å². The highest BCUT2D eigenvalue weighted by atomic mass is 79.9. The van der Waals surface area contributed by atoms with E-state index in [1.165, 1.54) is 0 Å². The number of aromatic amines is 1. The van der Waals surface area contributed by atoms with Gasteiger partial charge >= 0.3 is 40.6 Å². The number of ether oxygens (including phenoxy) is 3. The molecule has 6 unspecified atom stereocenters. The Balaban J connectivity index is 1.58. The Morgan fingerprint density at radius 2 is 1.58 bits per heavy atom. The summed E-state index contributed by atoms with van der Waals surface area (Å²) in [6.45, 7) is -1.27. The van der Waals surface area contributed by atoms with Crippen LogP contribution in [0.15, 0.2) is 33.1 Å². The molecule has 5 rings (SSSR count). The second kappa shape index (κ2) is 12.2. The molecule has 32 heteroatoms. The molecule has 0 aromatic carbocycles. The number of nitrogens with two attached hydrogens (primary N) is 1. The van der Waals surface area contributed by atoms with Crippen LogP contribution in [0, 0.1) is 30.3 Å². The van der Waals surface area contributed by atoms with E-state index in [2.05, 4.69) is 44.0 Å². The molecular weight excluding hydrogens is 797 g/mol. The summed E-state index contributed by atoms with van der Waals surface area (Å²) in [5.41, 5.74) is 1.41. The average molecular weight is 813 g/mol. The molecule has 0 amide bonds. The molecule has 2 fully saturated rings. The SMILES string of the molecule is Nc1nc2c(nc(Br)n2C2OC(COP(=O)(O)OP(=O)(O)OP(=O)(O)O)C3OC4(OC32)C([N+](=O)[O-])=CC([N+](=O)[O-])C=C4[N+](=O)[O-])c(=O)[nH]1. The van der Waals surface area contributed by atoms with Gasteiger partial charge in [-0.1, -0.05) is 0 Å². The third-order valence-electron chi connectivity index (χ3n) is 6.46. The maximum Gasteiger partial charge on any atom is 0.490 e. The van der Waals surface area contributed by atoms with Crippen molar-refractivity contribution in [3.63, 3.8) is 0 Å². The van der Waals surface area contributed by atoms with Crippen molar-refractivity contribution in [1.29, 1.82) is 0 Å². The summed E-state index contributed by atoms with van der Waals surface area (Å²) in [5.74, 6) is -3.56. The summed E-state index contributed by atoms with van der Waals surface area (Å²) in [4.78, 5) is 91.5. The minimum Gasteiger partial charge on any atom is -0.369 e. The summed E-state index contributed by atoms with van der Waals surface area (Å²) in [7, 11) is -17.6. The third kappa shape index (κ3) is 6.74. The Bertz CT molecular complexity index is 1980. The number of fused-ring (bicyclic) bond motifs is 2. The van der Waals surface area contributed by atoms with Crippen molar-refractivity contribution in [2.24, 2.45) is 0 Å². The number of imidazole rings is 1. The molecule has 1 spiro atoms. The molecule has 1 aliphatic carbocycles. The van der Waals surface area contributed by atoms with Crippen LogP contribution in [-0.2, 0) is 41.1 Å². The molecule has 4 heterocycles. The topological polar surface area (TPSA) is 407 Å². The largest absolute Gasteiger partial charge is 0.490 e. The van der Waals surface area contributed by atoms with Crippen LogP contribution in [0.5, 0.6) is 0 Å². The van der Waals surface area contributed by atoms with E-state index in [1.54, 1.807) is 0 Å². The van der Waals surface area contributed by atoms with E-state index in [-0.39, 0.29) is 15.9 Å². The minimum absolute atomic E-state index is 0.255. The second-order valence-electron chi connectivity index (χ2n) is 9.50. The molecule has 2 aromatic heterocycles. The Hall–Kier alpha value is -3.40. The molecule has 6 atom stereocenters. The smallest absolute Gasteiger partial charge is 0.369 e. The standard InChI is InChI=1S/C16H16BrN8O20P3/c17-14-19-8-11(20-15(18)21-12(8)26)22(14)13-10-9(5(41-13)3-40-47(36,37)45-48(38,39)44-46(33,34)35)42-16(43-10)6(24(29)30)1-4(23(27)28)2-7(16)25(31)32/h1-2,4-5,9-10,13H,3H2,(H,36,37)(H,38,39)(H2,33,34,35)(H3,18,20,21,26). The van der Waals surface area contributed by atoms with Crippen molar-refractivity contribution in [3.8, 4) is 0 Å². The molecule has 48 heavy (non-hydrogen) atoms. The molecule has 0 saturated carbocycles. The predicted octanol–water partition coefficient (Wildman–Crippen LogP) is -0.835. The van der Waals surface area contributed by atoms with E-state index in [0.29, 0.717) is 12.2 Å². The number of aromatic nitrogens is 4. The molecule has 2 aromatic rings. The lowest BCUT2D eigenvalue weighted by Gasteiger charge is -2.28. The van der Waals surface area contributed by atoms with Gasteiger partial charge in [-0.25, -0.2) is 18.7 Å². The molecule has 3 aliphatic rings. The number of anilines is 1. The van der Waals surface area contributed by atoms with Crippen LogP contribution in [0.25, 0.3) is 11.2 Å². The van der Waals surface area contributed by atoms with Gasteiger partial charge in [0.25, 0.3) is 11.6 Å². The summed E-state index contributed by atoms with van der Waals surface area (Å²) >= 11 is 3.06. The number of rotatable bonds is 11. The lowest BCUT2D eigenvalue weighted by atomic mass is 9.99. The van der Waals surface area contributed by atoms with Crippen molar-refractivity contribution < 1.29 is 75.4 Å². The fraction of sp³-hybridized carbons (Fsp3) is 0.438. The predicted molar refractivity (Wildman–Crippen MR) is 147 cm³/mol. The minimum atomic E-state index is -5.98.